The lowest BCUT2D eigenvalue weighted by molar-refractivity contribution is -0.133. The fraction of sp³-hybridized carbons (Fsp3) is 0.394. The van der Waals surface area contributed by atoms with Gasteiger partial charge in [-0.05, 0) is 36.1 Å². The summed E-state index contributed by atoms with van der Waals surface area (Å²) in [5.41, 5.74) is 1.70. The third kappa shape index (κ3) is 11.4. The lowest BCUT2D eigenvalue weighted by atomic mass is 9.90. The van der Waals surface area contributed by atoms with Crippen LogP contribution in [0.4, 0.5) is 0 Å². The van der Waals surface area contributed by atoms with Crippen molar-refractivity contribution < 1.29 is 33.0 Å². The van der Waals surface area contributed by atoms with E-state index in [1.54, 1.807) is 30.3 Å². The van der Waals surface area contributed by atoms with Crippen LogP contribution in [0, 0.1) is 5.92 Å². The standard InChI is InChI=1S/C33H42N4O7S/c1-3-4-18-45(43,44)22-28(37-32(41)26-16-11-17-34-21-26)33(42)36-27(19-24-12-7-5-8-13-24)30(39)29(38)23(2)31(40)35-20-25-14-9-6-10-15-25/h5-17,21,23,27-30,38-39H,3-4,18-20,22H2,1-2H3,(H,35,40)(H,36,42)(H,37,41). The molecule has 0 saturated carbocycles. The van der Waals surface area contributed by atoms with Crippen LogP contribution in [0.2, 0.25) is 0 Å². The summed E-state index contributed by atoms with van der Waals surface area (Å²) in [6, 6.07) is 18.4. The molecule has 0 bridgehead atoms. The first-order valence-electron chi connectivity index (χ1n) is 14.9. The fourth-order valence-corrected chi connectivity index (χ4v) is 6.30. The number of rotatable bonds is 17. The molecule has 0 fully saturated rings. The van der Waals surface area contributed by atoms with Crippen molar-refractivity contribution in [3.05, 3.63) is 102 Å². The summed E-state index contributed by atoms with van der Waals surface area (Å²) in [5.74, 6) is -3.95. The molecule has 12 heteroatoms. The number of hydrogen-bond acceptors (Lipinski definition) is 8. The van der Waals surface area contributed by atoms with Crippen LogP contribution in [0.5, 0.6) is 0 Å². The van der Waals surface area contributed by atoms with E-state index in [-0.39, 0.29) is 24.3 Å². The number of unbranched alkanes of at least 4 members (excludes halogenated alkanes) is 1. The molecule has 2 aromatic carbocycles. The predicted molar refractivity (Wildman–Crippen MR) is 171 cm³/mol. The molecule has 242 valence electrons. The molecular weight excluding hydrogens is 596 g/mol. The second-order valence-electron chi connectivity index (χ2n) is 11.0. The maximum Gasteiger partial charge on any atom is 0.253 e. The van der Waals surface area contributed by atoms with E-state index in [9.17, 15) is 33.0 Å². The van der Waals surface area contributed by atoms with Gasteiger partial charge in [0.1, 0.15) is 12.1 Å². The quantitative estimate of drug-likeness (QED) is 0.149. The van der Waals surface area contributed by atoms with Gasteiger partial charge in [0.15, 0.2) is 9.84 Å². The minimum Gasteiger partial charge on any atom is -0.390 e. The van der Waals surface area contributed by atoms with Crippen molar-refractivity contribution >= 4 is 27.6 Å². The van der Waals surface area contributed by atoms with E-state index in [0.29, 0.717) is 18.4 Å². The summed E-state index contributed by atoms with van der Waals surface area (Å²) in [4.78, 5) is 43.4. The molecule has 0 aliphatic rings. The molecule has 0 saturated heterocycles. The highest BCUT2D eigenvalue weighted by atomic mass is 32.2. The van der Waals surface area contributed by atoms with Gasteiger partial charge in [-0.1, -0.05) is 80.9 Å². The zero-order valence-corrected chi connectivity index (χ0v) is 26.3. The second-order valence-corrected chi connectivity index (χ2v) is 13.2. The fourth-order valence-electron chi connectivity index (χ4n) is 4.67. The molecule has 5 atom stereocenters. The Labute approximate surface area is 264 Å². The SMILES string of the molecule is CCCCS(=O)(=O)CC(NC(=O)c1cccnc1)C(=O)NC(Cc1ccccc1)C(O)C(O)C(C)C(=O)NCc1ccccc1. The van der Waals surface area contributed by atoms with Gasteiger partial charge in [0.2, 0.25) is 11.8 Å². The number of benzene rings is 2. The third-order valence-corrected chi connectivity index (χ3v) is 9.15. The summed E-state index contributed by atoms with van der Waals surface area (Å²) >= 11 is 0. The average Bonchev–Trinajstić information content (AvgIpc) is 3.05. The molecule has 5 N–H and O–H groups in total. The first-order valence-corrected chi connectivity index (χ1v) is 16.8. The Morgan fingerprint density at radius 1 is 0.844 bits per heavy atom. The minimum absolute atomic E-state index is 0.0506. The molecule has 5 unspecified atom stereocenters. The van der Waals surface area contributed by atoms with Gasteiger partial charge < -0.3 is 26.2 Å². The van der Waals surface area contributed by atoms with E-state index in [1.807, 2.05) is 37.3 Å². The van der Waals surface area contributed by atoms with E-state index in [1.165, 1.54) is 31.5 Å². The molecule has 0 radical (unpaired) electrons. The van der Waals surface area contributed by atoms with Crippen molar-refractivity contribution in [3.8, 4) is 0 Å². The Balaban J connectivity index is 1.82. The maximum atomic E-state index is 13.7. The van der Waals surface area contributed by atoms with Crippen LogP contribution in [0.3, 0.4) is 0 Å². The van der Waals surface area contributed by atoms with Gasteiger partial charge in [0, 0.05) is 18.9 Å². The molecule has 45 heavy (non-hydrogen) atoms. The highest BCUT2D eigenvalue weighted by Crippen LogP contribution is 2.16. The number of amides is 3. The largest absolute Gasteiger partial charge is 0.390 e. The Morgan fingerprint density at radius 3 is 2.09 bits per heavy atom. The summed E-state index contributed by atoms with van der Waals surface area (Å²) in [6.45, 7) is 3.53. The number of carbonyl (C=O) groups excluding carboxylic acids is 3. The van der Waals surface area contributed by atoms with Crippen LogP contribution >= 0.6 is 0 Å². The number of aromatic nitrogens is 1. The third-order valence-electron chi connectivity index (χ3n) is 7.40. The van der Waals surface area contributed by atoms with Gasteiger partial charge in [0.25, 0.3) is 5.91 Å². The first-order chi connectivity index (χ1) is 21.5. The lowest BCUT2D eigenvalue weighted by Gasteiger charge is -2.32. The van der Waals surface area contributed by atoms with Gasteiger partial charge in [-0.25, -0.2) is 8.42 Å². The van der Waals surface area contributed by atoms with Crippen LogP contribution < -0.4 is 16.0 Å². The molecule has 0 spiro atoms. The Morgan fingerprint density at radius 2 is 1.49 bits per heavy atom. The number of carbonyl (C=O) groups is 3. The molecule has 1 aromatic heterocycles. The molecule has 0 aliphatic carbocycles. The van der Waals surface area contributed by atoms with Crippen molar-refractivity contribution in [3.63, 3.8) is 0 Å². The molecular formula is C33H42N4O7S. The number of hydrogen-bond donors (Lipinski definition) is 5. The van der Waals surface area contributed by atoms with E-state index in [2.05, 4.69) is 20.9 Å². The molecule has 3 aromatic rings. The monoisotopic (exact) mass is 638 g/mol. The predicted octanol–water partition coefficient (Wildman–Crippen LogP) is 1.80. The zero-order valence-electron chi connectivity index (χ0n) is 25.5. The van der Waals surface area contributed by atoms with E-state index < -0.39 is 63.5 Å². The number of sulfone groups is 1. The van der Waals surface area contributed by atoms with Crippen LogP contribution in [0.15, 0.2) is 85.2 Å². The van der Waals surface area contributed by atoms with Gasteiger partial charge in [0.05, 0.1) is 35.1 Å². The maximum absolute atomic E-state index is 13.7. The number of nitrogens with one attached hydrogen (secondary N) is 3. The van der Waals surface area contributed by atoms with Crippen LogP contribution in [0.1, 0.15) is 48.2 Å². The van der Waals surface area contributed by atoms with Gasteiger partial charge in [-0.3, -0.25) is 19.4 Å². The first kappa shape index (κ1) is 35.4. The molecule has 11 nitrogen and oxygen atoms in total. The van der Waals surface area contributed by atoms with Crippen molar-refractivity contribution in [1.82, 2.24) is 20.9 Å². The van der Waals surface area contributed by atoms with Gasteiger partial charge in [-0.15, -0.1) is 0 Å². The Kier molecular flexibility index (Phi) is 13.7. The molecule has 1 heterocycles. The van der Waals surface area contributed by atoms with E-state index in [4.69, 9.17) is 0 Å². The smallest absolute Gasteiger partial charge is 0.253 e. The lowest BCUT2D eigenvalue weighted by Crippen LogP contribution is -2.58. The highest BCUT2D eigenvalue weighted by Gasteiger charge is 2.36. The summed E-state index contributed by atoms with van der Waals surface area (Å²) < 4.78 is 25.8. The highest BCUT2D eigenvalue weighted by molar-refractivity contribution is 7.91. The Hall–Kier alpha value is -4.13. The van der Waals surface area contributed by atoms with Gasteiger partial charge >= 0.3 is 0 Å². The zero-order chi connectivity index (χ0) is 32.8. The summed E-state index contributed by atoms with van der Waals surface area (Å²) in [7, 11) is -3.76. The molecule has 0 aliphatic heterocycles. The normalized spacial score (nSPS) is 14.8. The van der Waals surface area contributed by atoms with Crippen molar-refractivity contribution in [2.75, 3.05) is 11.5 Å². The number of aliphatic hydroxyl groups is 2. The number of pyridine rings is 1. The van der Waals surface area contributed by atoms with Crippen molar-refractivity contribution in [2.45, 2.75) is 63.9 Å². The Bertz CT molecular complexity index is 1470. The summed E-state index contributed by atoms with van der Waals surface area (Å²) in [5, 5.41) is 30.3. The van der Waals surface area contributed by atoms with Crippen molar-refractivity contribution in [1.29, 1.82) is 0 Å². The van der Waals surface area contributed by atoms with Crippen molar-refractivity contribution in [2.24, 2.45) is 5.92 Å². The number of aliphatic hydroxyl groups excluding tert-OH is 2. The molecule has 3 amide bonds. The van der Waals surface area contributed by atoms with E-state index >= 15 is 0 Å². The van der Waals surface area contributed by atoms with Gasteiger partial charge in [-0.2, -0.15) is 0 Å². The number of nitrogens with zero attached hydrogens (tertiary/aromatic N) is 1. The topological polar surface area (TPSA) is 175 Å². The minimum atomic E-state index is -3.76. The molecule has 3 rings (SSSR count). The summed E-state index contributed by atoms with van der Waals surface area (Å²) in [6.07, 6.45) is 0.606. The van der Waals surface area contributed by atoms with Crippen LogP contribution in [-0.4, -0.2) is 77.1 Å². The average molecular weight is 639 g/mol. The van der Waals surface area contributed by atoms with E-state index in [0.717, 1.165) is 5.56 Å². The van der Waals surface area contributed by atoms with Crippen LogP contribution in [0.25, 0.3) is 0 Å². The second kappa shape index (κ2) is 17.4. The van der Waals surface area contributed by atoms with Crippen LogP contribution in [-0.2, 0) is 32.4 Å².